The van der Waals surface area contributed by atoms with Crippen molar-refractivity contribution in [2.75, 3.05) is 13.1 Å². The zero-order chi connectivity index (χ0) is 13.1. The van der Waals surface area contributed by atoms with Crippen LogP contribution in [0.1, 0.15) is 25.7 Å². The number of hydrogen-bond donors (Lipinski definition) is 1. The summed E-state index contributed by atoms with van der Waals surface area (Å²) in [7, 11) is 0. The van der Waals surface area contributed by atoms with Gasteiger partial charge >= 0.3 is 6.03 Å². The summed E-state index contributed by atoms with van der Waals surface area (Å²) in [6.45, 7) is 1.32. The van der Waals surface area contributed by atoms with Crippen molar-refractivity contribution in [2.24, 2.45) is 0 Å². The predicted octanol–water partition coefficient (Wildman–Crippen LogP) is 1.80. The van der Waals surface area contributed by atoms with E-state index in [1.165, 1.54) is 12.8 Å². The summed E-state index contributed by atoms with van der Waals surface area (Å²) in [6, 6.07) is 4.16. The Morgan fingerprint density at radius 2 is 2.16 bits per heavy atom. The number of amides is 2. The van der Waals surface area contributed by atoms with Crippen LogP contribution in [0.2, 0.25) is 0 Å². The molecule has 1 aromatic heterocycles. The Kier molecular flexibility index (Phi) is 3.53. The second-order valence-corrected chi connectivity index (χ2v) is 5.26. The van der Waals surface area contributed by atoms with Crippen LogP contribution in [0.4, 0.5) is 4.79 Å². The van der Waals surface area contributed by atoms with Crippen molar-refractivity contribution < 1.29 is 9.53 Å². The van der Waals surface area contributed by atoms with Gasteiger partial charge in [0.1, 0.15) is 11.9 Å². The molecule has 1 N–H and O–H groups in total. The molecule has 1 saturated heterocycles. The van der Waals surface area contributed by atoms with Gasteiger partial charge < -0.3 is 15.0 Å². The molecule has 1 aliphatic carbocycles. The van der Waals surface area contributed by atoms with Crippen LogP contribution in [0.15, 0.2) is 24.5 Å². The van der Waals surface area contributed by atoms with E-state index in [2.05, 4.69) is 10.3 Å². The van der Waals surface area contributed by atoms with Crippen LogP contribution >= 0.6 is 0 Å². The lowest BCUT2D eigenvalue weighted by atomic mass is 10.2. The van der Waals surface area contributed by atoms with E-state index < -0.39 is 0 Å². The van der Waals surface area contributed by atoms with E-state index in [0.717, 1.165) is 18.6 Å². The van der Waals surface area contributed by atoms with E-state index in [1.54, 1.807) is 17.3 Å². The van der Waals surface area contributed by atoms with Crippen molar-refractivity contribution in [3.63, 3.8) is 0 Å². The molecule has 0 atom stereocenters. The molecule has 19 heavy (non-hydrogen) atoms. The number of aromatic nitrogens is 1. The van der Waals surface area contributed by atoms with E-state index in [4.69, 9.17) is 4.74 Å². The number of ether oxygens (including phenoxy) is 1. The first kappa shape index (κ1) is 12.3. The van der Waals surface area contributed by atoms with Crippen LogP contribution in [-0.2, 0) is 0 Å². The lowest BCUT2D eigenvalue weighted by Gasteiger charge is -2.39. The molecule has 0 unspecified atom stereocenters. The zero-order valence-corrected chi connectivity index (χ0v) is 10.9. The van der Waals surface area contributed by atoms with Crippen LogP contribution in [-0.4, -0.2) is 41.2 Å². The third kappa shape index (κ3) is 2.97. The largest absolute Gasteiger partial charge is 0.485 e. The van der Waals surface area contributed by atoms with Gasteiger partial charge in [-0.3, -0.25) is 4.98 Å². The van der Waals surface area contributed by atoms with Crippen molar-refractivity contribution in [1.29, 1.82) is 0 Å². The first-order chi connectivity index (χ1) is 9.31. The minimum atomic E-state index is 0.0536. The van der Waals surface area contributed by atoms with Gasteiger partial charge in [-0.15, -0.1) is 0 Å². The molecule has 0 aromatic carbocycles. The molecule has 2 aliphatic rings. The van der Waals surface area contributed by atoms with Crippen molar-refractivity contribution in [1.82, 2.24) is 15.2 Å². The molecule has 2 amide bonds. The molecule has 1 aromatic rings. The average Bonchev–Trinajstić information content (AvgIpc) is 2.87. The Balaban J connectivity index is 1.41. The molecule has 2 heterocycles. The highest BCUT2D eigenvalue weighted by atomic mass is 16.5. The number of likely N-dealkylation sites (tertiary alicyclic amines) is 1. The van der Waals surface area contributed by atoms with E-state index >= 15 is 0 Å². The number of nitrogens with zero attached hydrogens (tertiary/aromatic N) is 2. The molecule has 1 aliphatic heterocycles. The third-order valence-electron chi connectivity index (χ3n) is 3.76. The Labute approximate surface area is 113 Å². The maximum atomic E-state index is 11.9. The SMILES string of the molecule is O=C(NC1CCCC1)N1CC(Oc2cccnc2)C1. The minimum absolute atomic E-state index is 0.0536. The first-order valence-corrected chi connectivity index (χ1v) is 6.93. The Morgan fingerprint density at radius 3 is 2.84 bits per heavy atom. The van der Waals surface area contributed by atoms with Crippen molar-refractivity contribution in [3.05, 3.63) is 24.5 Å². The van der Waals surface area contributed by atoms with Crippen LogP contribution in [0.5, 0.6) is 5.75 Å². The fourth-order valence-corrected chi connectivity index (χ4v) is 2.62. The van der Waals surface area contributed by atoms with Gasteiger partial charge in [-0.2, -0.15) is 0 Å². The Bertz CT molecular complexity index is 426. The lowest BCUT2D eigenvalue weighted by Crippen LogP contribution is -2.59. The highest BCUT2D eigenvalue weighted by molar-refractivity contribution is 5.75. The molecule has 0 radical (unpaired) electrons. The average molecular weight is 261 g/mol. The molecule has 1 saturated carbocycles. The van der Waals surface area contributed by atoms with Gasteiger partial charge in [-0.05, 0) is 25.0 Å². The fraction of sp³-hybridized carbons (Fsp3) is 0.571. The van der Waals surface area contributed by atoms with Gasteiger partial charge in [0, 0.05) is 12.2 Å². The number of nitrogens with one attached hydrogen (secondary N) is 1. The zero-order valence-electron chi connectivity index (χ0n) is 10.9. The molecule has 5 nitrogen and oxygen atoms in total. The van der Waals surface area contributed by atoms with Gasteiger partial charge in [0.05, 0.1) is 19.3 Å². The van der Waals surface area contributed by atoms with E-state index in [-0.39, 0.29) is 12.1 Å². The smallest absolute Gasteiger partial charge is 0.317 e. The molecular weight excluding hydrogens is 242 g/mol. The summed E-state index contributed by atoms with van der Waals surface area (Å²) in [4.78, 5) is 17.7. The molecule has 2 fully saturated rings. The van der Waals surface area contributed by atoms with E-state index in [0.29, 0.717) is 19.1 Å². The molecule has 0 spiro atoms. The van der Waals surface area contributed by atoms with Crippen molar-refractivity contribution in [2.45, 2.75) is 37.8 Å². The lowest BCUT2D eigenvalue weighted by molar-refractivity contribution is 0.0433. The summed E-state index contributed by atoms with van der Waals surface area (Å²) < 4.78 is 5.72. The maximum absolute atomic E-state index is 11.9. The number of carbonyl (C=O) groups excluding carboxylic acids is 1. The topological polar surface area (TPSA) is 54.5 Å². The summed E-state index contributed by atoms with van der Waals surface area (Å²) in [5.74, 6) is 0.767. The van der Waals surface area contributed by atoms with Crippen LogP contribution in [0, 0.1) is 0 Å². The number of rotatable bonds is 3. The minimum Gasteiger partial charge on any atom is -0.485 e. The third-order valence-corrected chi connectivity index (χ3v) is 3.76. The van der Waals surface area contributed by atoms with Crippen LogP contribution in [0.25, 0.3) is 0 Å². The van der Waals surface area contributed by atoms with Crippen LogP contribution < -0.4 is 10.1 Å². The number of pyridine rings is 1. The van der Waals surface area contributed by atoms with E-state index in [9.17, 15) is 4.79 Å². The van der Waals surface area contributed by atoms with Crippen LogP contribution in [0.3, 0.4) is 0 Å². The van der Waals surface area contributed by atoms with Crippen molar-refractivity contribution in [3.8, 4) is 5.75 Å². The van der Waals surface area contributed by atoms with Gasteiger partial charge in [-0.1, -0.05) is 12.8 Å². The fourth-order valence-electron chi connectivity index (χ4n) is 2.62. The monoisotopic (exact) mass is 261 g/mol. The normalized spacial score (nSPS) is 20.1. The van der Waals surface area contributed by atoms with Crippen molar-refractivity contribution >= 4 is 6.03 Å². The molecule has 102 valence electrons. The van der Waals surface area contributed by atoms with Gasteiger partial charge in [0.15, 0.2) is 0 Å². The number of hydrogen-bond acceptors (Lipinski definition) is 3. The second kappa shape index (κ2) is 5.47. The standard InChI is InChI=1S/C14H19N3O2/c18-14(16-11-4-1-2-5-11)17-9-13(10-17)19-12-6-3-7-15-8-12/h3,6-8,11,13H,1-2,4-5,9-10H2,(H,16,18). The highest BCUT2D eigenvalue weighted by Crippen LogP contribution is 2.20. The Morgan fingerprint density at radius 1 is 1.37 bits per heavy atom. The summed E-state index contributed by atoms with van der Waals surface area (Å²) >= 11 is 0. The summed E-state index contributed by atoms with van der Waals surface area (Å²) in [5, 5.41) is 3.08. The van der Waals surface area contributed by atoms with Gasteiger partial charge in [-0.25, -0.2) is 4.79 Å². The maximum Gasteiger partial charge on any atom is 0.317 e. The molecule has 0 bridgehead atoms. The quantitative estimate of drug-likeness (QED) is 0.902. The van der Waals surface area contributed by atoms with Gasteiger partial charge in [0.2, 0.25) is 0 Å². The predicted molar refractivity (Wildman–Crippen MR) is 71.0 cm³/mol. The summed E-state index contributed by atoms with van der Waals surface area (Å²) in [5.41, 5.74) is 0. The second-order valence-electron chi connectivity index (χ2n) is 5.26. The number of carbonyl (C=O) groups is 1. The molecule has 5 heteroatoms. The van der Waals surface area contributed by atoms with Gasteiger partial charge in [0.25, 0.3) is 0 Å². The number of urea groups is 1. The Hall–Kier alpha value is -1.78. The summed E-state index contributed by atoms with van der Waals surface area (Å²) in [6.07, 6.45) is 8.22. The highest BCUT2D eigenvalue weighted by Gasteiger charge is 2.33. The molecular formula is C14H19N3O2. The van der Waals surface area contributed by atoms with E-state index in [1.807, 2.05) is 12.1 Å². The first-order valence-electron chi connectivity index (χ1n) is 6.93. The molecule has 3 rings (SSSR count).